The Morgan fingerprint density at radius 1 is 1.21 bits per heavy atom. The number of carboxylic acid groups (broad SMARTS) is 1. The minimum atomic E-state index is -1.54. The molecule has 150 valence electrons. The summed E-state index contributed by atoms with van der Waals surface area (Å²) in [6.07, 6.45) is 1.50. The van der Waals surface area contributed by atoms with Crippen LogP contribution in [0.25, 0.3) is 0 Å². The third-order valence-corrected chi connectivity index (χ3v) is 5.56. The number of imide groups is 1. The van der Waals surface area contributed by atoms with Crippen LogP contribution in [-0.2, 0) is 19.2 Å². The van der Waals surface area contributed by atoms with Crippen LogP contribution < -0.4 is 10.1 Å². The fourth-order valence-corrected chi connectivity index (χ4v) is 4.13. The lowest BCUT2D eigenvalue weighted by Crippen LogP contribution is -2.53. The molecule has 2 aliphatic heterocycles. The number of carbonyl (C=O) groups excluding carboxylic acids is 3. The van der Waals surface area contributed by atoms with E-state index < -0.39 is 41.3 Å². The molecule has 0 aliphatic carbocycles. The molecule has 8 nitrogen and oxygen atoms in total. The number of rotatable bonds is 6. The van der Waals surface area contributed by atoms with E-state index in [0.717, 1.165) is 6.42 Å². The topological polar surface area (TPSA) is 113 Å². The van der Waals surface area contributed by atoms with Crippen molar-refractivity contribution in [1.82, 2.24) is 10.2 Å². The van der Waals surface area contributed by atoms with Crippen LogP contribution in [0.4, 0.5) is 0 Å². The molecule has 0 radical (unpaired) electrons. The molecule has 2 aliphatic rings. The number of benzene rings is 1. The van der Waals surface area contributed by atoms with Crippen LogP contribution >= 0.6 is 0 Å². The van der Waals surface area contributed by atoms with E-state index in [9.17, 15) is 24.3 Å². The normalized spacial score (nSPS) is 29.1. The molecule has 1 aromatic carbocycles. The number of likely N-dealkylation sites (tertiary alicyclic amines) is 1. The molecule has 0 saturated carbocycles. The summed E-state index contributed by atoms with van der Waals surface area (Å²) in [6, 6.07) is 5.89. The number of nitrogens with one attached hydrogen (secondary N) is 1. The summed E-state index contributed by atoms with van der Waals surface area (Å²) < 4.78 is 5.01. The molecule has 0 spiro atoms. The van der Waals surface area contributed by atoms with Crippen LogP contribution in [0, 0.1) is 11.8 Å². The smallest absolute Gasteiger partial charge is 0.324 e. The van der Waals surface area contributed by atoms with Gasteiger partial charge in [-0.1, -0.05) is 25.5 Å². The zero-order chi connectivity index (χ0) is 20.6. The third-order valence-electron chi connectivity index (χ3n) is 5.56. The molecule has 2 amide bonds. The van der Waals surface area contributed by atoms with Gasteiger partial charge in [0, 0.05) is 19.5 Å². The van der Waals surface area contributed by atoms with Gasteiger partial charge in [-0.05, 0) is 31.0 Å². The molecular weight excluding hydrogens is 364 g/mol. The number of esters is 1. The van der Waals surface area contributed by atoms with Crippen molar-refractivity contribution in [3.8, 4) is 5.75 Å². The van der Waals surface area contributed by atoms with Gasteiger partial charge < -0.3 is 9.84 Å². The lowest BCUT2D eigenvalue weighted by atomic mass is 9.80. The van der Waals surface area contributed by atoms with Crippen molar-refractivity contribution in [3.05, 3.63) is 29.8 Å². The molecule has 2 saturated heterocycles. The fraction of sp³-hybridized carbons (Fsp3) is 0.500. The van der Waals surface area contributed by atoms with Gasteiger partial charge in [0.25, 0.3) is 0 Å². The highest BCUT2D eigenvalue weighted by atomic mass is 16.5. The minimum absolute atomic E-state index is 0.301. The Morgan fingerprint density at radius 3 is 2.39 bits per heavy atom. The van der Waals surface area contributed by atoms with E-state index in [1.165, 1.54) is 18.7 Å². The monoisotopic (exact) mass is 388 g/mol. The third kappa shape index (κ3) is 3.17. The Bertz CT molecular complexity index is 820. The number of carbonyl (C=O) groups is 4. The Balaban J connectivity index is 1.96. The molecule has 28 heavy (non-hydrogen) atoms. The zero-order valence-electron chi connectivity index (χ0n) is 16.1. The quantitative estimate of drug-likeness (QED) is 0.431. The number of carboxylic acids is 1. The van der Waals surface area contributed by atoms with E-state index in [1.807, 2.05) is 6.92 Å². The summed E-state index contributed by atoms with van der Waals surface area (Å²) in [4.78, 5) is 50.2. The van der Waals surface area contributed by atoms with Gasteiger partial charge >= 0.3 is 11.9 Å². The fourth-order valence-electron chi connectivity index (χ4n) is 4.13. The van der Waals surface area contributed by atoms with Crippen molar-refractivity contribution in [2.75, 3.05) is 6.54 Å². The van der Waals surface area contributed by atoms with Crippen LogP contribution in [-0.4, -0.2) is 45.8 Å². The van der Waals surface area contributed by atoms with Gasteiger partial charge in [-0.3, -0.25) is 29.4 Å². The largest absolute Gasteiger partial charge is 0.480 e. The average Bonchev–Trinajstić information content (AvgIpc) is 3.08. The molecular formula is C20H24N2O6. The van der Waals surface area contributed by atoms with Gasteiger partial charge in [-0.15, -0.1) is 0 Å². The molecule has 4 atom stereocenters. The number of nitrogens with zero attached hydrogens (tertiary/aromatic N) is 1. The van der Waals surface area contributed by atoms with E-state index in [4.69, 9.17) is 4.74 Å². The van der Waals surface area contributed by atoms with Gasteiger partial charge in [0.05, 0.1) is 11.8 Å². The first-order chi connectivity index (χ1) is 13.2. The molecule has 8 heteroatoms. The predicted molar refractivity (Wildman–Crippen MR) is 98.3 cm³/mol. The van der Waals surface area contributed by atoms with E-state index in [2.05, 4.69) is 5.32 Å². The highest BCUT2D eigenvalue weighted by Crippen LogP contribution is 2.48. The number of hydrogen-bond donors (Lipinski definition) is 2. The standard InChI is InChI=1S/C20H24N2O6/c1-4-5-10-22-17(24)14-15(18(22)25)20(3,19(26)27)21-16(14)12-6-8-13(9-7-12)28-11(2)23/h6-9,14-16,21H,4-5,10H2,1-3H3,(H,26,27). The summed E-state index contributed by atoms with van der Waals surface area (Å²) in [6.45, 7) is 5.01. The number of hydrogen-bond acceptors (Lipinski definition) is 6. The molecule has 1 aromatic rings. The molecule has 0 aromatic heterocycles. The van der Waals surface area contributed by atoms with Gasteiger partial charge in [-0.25, -0.2) is 0 Å². The Kier molecular flexibility index (Phi) is 5.25. The Hall–Kier alpha value is -2.74. The van der Waals surface area contributed by atoms with Gasteiger partial charge in [0.1, 0.15) is 11.3 Å². The lowest BCUT2D eigenvalue weighted by Gasteiger charge is -2.27. The van der Waals surface area contributed by atoms with Crippen LogP contribution in [0.2, 0.25) is 0 Å². The highest BCUT2D eigenvalue weighted by Gasteiger charge is 2.66. The summed E-state index contributed by atoms with van der Waals surface area (Å²) in [7, 11) is 0. The van der Waals surface area contributed by atoms with Crippen molar-refractivity contribution in [2.45, 2.75) is 45.2 Å². The second-order valence-electron chi connectivity index (χ2n) is 7.48. The maximum Gasteiger partial charge on any atom is 0.324 e. The number of unbranched alkanes of at least 4 members (excludes halogenated alkanes) is 1. The number of amides is 2. The van der Waals surface area contributed by atoms with Gasteiger partial charge in [0.2, 0.25) is 11.8 Å². The summed E-state index contributed by atoms with van der Waals surface area (Å²) in [5.74, 6) is -3.79. The number of aliphatic carboxylic acids is 1. The number of fused-ring (bicyclic) bond motifs is 1. The van der Waals surface area contributed by atoms with Crippen LogP contribution in [0.3, 0.4) is 0 Å². The average molecular weight is 388 g/mol. The molecule has 0 bridgehead atoms. The molecule has 2 fully saturated rings. The number of ether oxygens (including phenoxy) is 1. The van der Waals surface area contributed by atoms with Crippen molar-refractivity contribution in [1.29, 1.82) is 0 Å². The second-order valence-corrected chi connectivity index (χ2v) is 7.48. The predicted octanol–water partition coefficient (Wildman–Crippen LogP) is 1.50. The van der Waals surface area contributed by atoms with Crippen molar-refractivity contribution >= 4 is 23.8 Å². The SMILES string of the molecule is CCCCN1C(=O)C2C(c3ccc(OC(C)=O)cc3)NC(C)(C(=O)O)C2C1=O. The summed E-state index contributed by atoms with van der Waals surface area (Å²) in [5, 5.41) is 12.8. The summed E-state index contributed by atoms with van der Waals surface area (Å²) >= 11 is 0. The molecule has 4 unspecified atom stereocenters. The molecule has 3 rings (SSSR count). The minimum Gasteiger partial charge on any atom is -0.480 e. The van der Waals surface area contributed by atoms with E-state index >= 15 is 0 Å². The van der Waals surface area contributed by atoms with Crippen LogP contribution in [0.15, 0.2) is 24.3 Å². The first-order valence-electron chi connectivity index (χ1n) is 9.35. The summed E-state index contributed by atoms with van der Waals surface area (Å²) in [5.41, 5.74) is -0.883. The Morgan fingerprint density at radius 2 is 1.86 bits per heavy atom. The van der Waals surface area contributed by atoms with Crippen molar-refractivity contribution in [2.24, 2.45) is 11.8 Å². The zero-order valence-corrected chi connectivity index (χ0v) is 16.1. The van der Waals surface area contributed by atoms with E-state index in [-0.39, 0.29) is 5.91 Å². The van der Waals surface area contributed by atoms with E-state index in [0.29, 0.717) is 24.3 Å². The lowest BCUT2D eigenvalue weighted by molar-refractivity contribution is -0.150. The molecule has 2 heterocycles. The van der Waals surface area contributed by atoms with Gasteiger partial charge in [-0.2, -0.15) is 0 Å². The highest BCUT2D eigenvalue weighted by molar-refractivity contribution is 6.09. The van der Waals surface area contributed by atoms with Crippen LogP contribution in [0.1, 0.15) is 45.2 Å². The van der Waals surface area contributed by atoms with Crippen molar-refractivity contribution < 1.29 is 29.0 Å². The van der Waals surface area contributed by atoms with E-state index in [1.54, 1.807) is 24.3 Å². The maximum atomic E-state index is 13.0. The first kappa shape index (κ1) is 20.0. The Labute approximate surface area is 162 Å². The molecule has 2 N–H and O–H groups in total. The van der Waals surface area contributed by atoms with Crippen LogP contribution in [0.5, 0.6) is 5.75 Å². The van der Waals surface area contributed by atoms with Gasteiger partial charge in [0.15, 0.2) is 0 Å². The maximum absolute atomic E-state index is 13.0. The van der Waals surface area contributed by atoms with Crippen molar-refractivity contribution in [3.63, 3.8) is 0 Å². The second kappa shape index (κ2) is 7.35. The first-order valence-corrected chi connectivity index (χ1v) is 9.35.